The lowest BCUT2D eigenvalue weighted by atomic mass is 9.89. The van der Waals surface area contributed by atoms with Crippen molar-refractivity contribution in [2.75, 3.05) is 17.7 Å². The zero-order chi connectivity index (χ0) is 26.8. The summed E-state index contributed by atoms with van der Waals surface area (Å²) in [6, 6.07) is 6.48. The third-order valence-electron chi connectivity index (χ3n) is 6.21. The molecule has 3 aromatic heterocycles. The van der Waals surface area contributed by atoms with E-state index in [1.54, 1.807) is 6.92 Å². The fourth-order valence-corrected chi connectivity index (χ4v) is 6.83. The van der Waals surface area contributed by atoms with E-state index >= 15 is 0 Å². The quantitative estimate of drug-likeness (QED) is 0.156. The molecule has 1 aromatic carbocycles. The summed E-state index contributed by atoms with van der Waals surface area (Å²) >= 11 is 3.78. The molecule has 4 aromatic rings. The van der Waals surface area contributed by atoms with Crippen molar-refractivity contribution in [1.82, 2.24) is 15.0 Å². The van der Waals surface area contributed by atoms with Crippen LogP contribution in [-0.2, 0) is 22.4 Å². The van der Waals surface area contributed by atoms with Crippen LogP contribution in [0.1, 0.15) is 53.2 Å². The fraction of sp³-hybridized carbons (Fsp3) is 0.370. The van der Waals surface area contributed by atoms with E-state index in [1.807, 2.05) is 19.2 Å². The van der Waals surface area contributed by atoms with Crippen molar-refractivity contribution in [1.29, 1.82) is 0 Å². The minimum absolute atomic E-state index is 0.0310. The molecule has 0 saturated carbocycles. The predicted octanol–water partition coefficient (Wildman–Crippen LogP) is 5.84. The van der Waals surface area contributed by atoms with Gasteiger partial charge in [0.15, 0.2) is 16.0 Å². The lowest BCUT2D eigenvalue weighted by molar-refractivity contribution is -0.113. The van der Waals surface area contributed by atoms with Crippen LogP contribution in [0, 0.1) is 12.8 Å². The number of carbonyl (C=O) groups excluding carboxylic acids is 2. The number of hydrogen-bond donors (Lipinski definition) is 2. The number of amides is 1. The number of nitrogens with zero attached hydrogens (tertiary/aromatic N) is 2. The van der Waals surface area contributed by atoms with Crippen LogP contribution in [0.3, 0.4) is 0 Å². The van der Waals surface area contributed by atoms with Gasteiger partial charge in [0.25, 0.3) is 5.56 Å². The molecule has 1 amide bonds. The van der Waals surface area contributed by atoms with E-state index in [1.165, 1.54) is 46.6 Å². The first kappa shape index (κ1) is 26.6. The second-order valence-corrected chi connectivity index (χ2v) is 12.7. The number of anilines is 1. The summed E-state index contributed by atoms with van der Waals surface area (Å²) in [7, 11) is 0. The number of aromatic nitrogens is 3. The molecule has 2 N–H and O–H groups in total. The number of hydrogen-bond acceptors (Lipinski definition) is 9. The number of rotatable bonds is 8. The Morgan fingerprint density at radius 3 is 2.76 bits per heavy atom. The van der Waals surface area contributed by atoms with Crippen molar-refractivity contribution in [2.45, 2.75) is 51.6 Å². The Morgan fingerprint density at radius 1 is 1.18 bits per heavy atom. The molecule has 38 heavy (non-hydrogen) atoms. The van der Waals surface area contributed by atoms with Crippen molar-refractivity contribution in [3.63, 3.8) is 0 Å². The zero-order valence-electron chi connectivity index (χ0n) is 21.4. The molecule has 0 unspecified atom stereocenters. The van der Waals surface area contributed by atoms with Gasteiger partial charge >= 0.3 is 5.97 Å². The number of esters is 1. The molecule has 8 nitrogen and oxygen atoms in total. The lowest BCUT2D eigenvalue weighted by Crippen LogP contribution is -2.16. The highest BCUT2D eigenvalue weighted by Crippen LogP contribution is 2.34. The highest BCUT2D eigenvalue weighted by molar-refractivity contribution is 7.99. The zero-order valence-corrected chi connectivity index (χ0v) is 23.8. The van der Waals surface area contributed by atoms with Crippen molar-refractivity contribution < 1.29 is 14.3 Å². The van der Waals surface area contributed by atoms with Crippen LogP contribution in [-0.4, -0.2) is 39.2 Å². The molecule has 0 fully saturated rings. The molecular weight excluding hydrogens is 541 g/mol. The van der Waals surface area contributed by atoms with E-state index in [-0.39, 0.29) is 28.8 Å². The summed E-state index contributed by atoms with van der Waals surface area (Å²) in [4.78, 5) is 50.8. The molecule has 11 heteroatoms. The molecule has 5 rings (SSSR count). The Hall–Kier alpha value is -3.02. The number of fused-ring (bicyclic) bond motifs is 2. The maximum atomic E-state index is 13.0. The number of ether oxygens (including phenoxy) is 1. The molecule has 0 saturated heterocycles. The number of nitrogens with one attached hydrogen (secondary N) is 2. The summed E-state index contributed by atoms with van der Waals surface area (Å²) in [5, 5.41) is 5.98. The molecule has 0 aliphatic heterocycles. The van der Waals surface area contributed by atoms with E-state index in [4.69, 9.17) is 4.74 Å². The molecular formula is C27H28N4O4S3. The third kappa shape index (κ3) is 5.84. The number of carbonyl (C=O) groups is 2. The number of H-pyrrole nitrogens is 1. The van der Waals surface area contributed by atoms with Crippen LogP contribution in [0.5, 0.6) is 0 Å². The van der Waals surface area contributed by atoms with E-state index in [2.05, 4.69) is 38.5 Å². The first-order valence-corrected chi connectivity index (χ1v) is 15.2. The molecule has 1 aliphatic carbocycles. The summed E-state index contributed by atoms with van der Waals surface area (Å²) in [6.45, 7) is 5.98. The van der Waals surface area contributed by atoms with Crippen LogP contribution in [0.4, 0.5) is 5.13 Å². The average molecular weight is 569 g/mol. The minimum Gasteiger partial charge on any atom is -0.461 e. The first-order valence-electron chi connectivity index (χ1n) is 12.5. The second kappa shape index (κ2) is 11.4. The standard InChI is InChI=1S/C27H28N4O4S3/c1-14(2)11-35-25(34)22-15(3)38-27(29-22)28-20(32)13-37-26-30-23(33)21-19(12-36-24(21)31-26)18-9-8-16-6-4-5-7-17(16)10-18/h8-10,12,14H,4-7,11,13H2,1-3H3,(H,28,29,32)(H,30,31,33). The summed E-state index contributed by atoms with van der Waals surface area (Å²) in [5.41, 5.74) is 4.69. The largest absolute Gasteiger partial charge is 0.461 e. The molecule has 0 bridgehead atoms. The van der Waals surface area contributed by atoms with Crippen LogP contribution in [0.15, 0.2) is 33.5 Å². The van der Waals surface area contributed by atoms with Gasteiger partial charge in [-0.1, -0.05) is 43.8 Å². The van der Waals surface area contributed by atoms with E-state index in [9.17, 15) is 14.4 Å². The first-order chi connectivity index (χ1) is 18.3. The van der Waals surface area contributed by atoms with E-state index in [0.29, 0.717) is 32.0 Å². The highest BCUT2D eigenvalue weighted by Gasteiger charge is 2.20. The van der Waals surface area contributed by atoms with E-state index < -0.39 is 5.97 Å². The molecule has 3 heterocycles. The van der Waals surface area contributed by atoms with Gasteiger partial charge in [0.05, 0.1) is 17.7 Å². The van der Waals surface area contributed by atoms with Crippen molar-refractivity contribution in [3.05, 3.63) is 55.6 Å². The van der Waals surface area contributed by atoms with Crippen molar-refractivity contribution in [2.24, 2.45) is 5.92 Å². The van der Waals surface area contributed by atoms with Gasteiger partial charge in [-0.25, -0.2) is 14.8 Å². The monoisotopic (exact) mass is 568 g/mol. The van der Waals surface area contributed by atoms with Gasteiger partial charge in [0.1, 0.15) is 4.83 Å². The van der Waals surface area contributed by atoms with Gasteiger partial charge in [0, 0.05) is 15.8 Å². The third-order valence-corrected chi connectivity index (χ3v) is 8.84. The number of thiophene rings is 1. The molecule has 0 spiro atoms. The SMILES string of the molecule is Cc1sc(NC(=O)CSc2nc3scc(-c4ccc5c(c4)CCCC5)c3c(=O)[nH]2)nc1C(=O)OCC(C)C. The maximum absolute atomic E-state index is 13.0. The summed E-state index contributed by atoms with van der Waals surface area (Å²) in [5.74, 6) is -0.557. The Morgan fingerprint density at radius 2 is 1.97 bits per heavy atom. The lowest BCUT2D eigenvalue weighted by Gasteiger charge is -2.16. The minimum atomic E-state index is -0.497. The van der Waals surface area contributed by atoms with Crippen molar-refractivity contribution in [3.8, 4) is 11.1 Å². The average Bonchev–Trinajstić information content (AvgIpc) is 3.49. The number of benzene rings is 1. The smallest absolute Gasteiger partial charge is 0.358 e. The van der Waals surface area contributed by atoms with Gasteiger partial charge in [-0.3, -0.25) is 9.59 Å². The normalized spacial score (nSPS) is 13.1. The van der Waals surface area contributed by atoms with Crippen LogP contribution >= 0.6 is 34.4 Å². The molecule has 0 radical (unpaired) electrons. The number of thiazole rings is 1. The van der Waals surface area contributed by atoms with Gasteiger partial charge in [-0.2, -0.15) is 0 Å². The predicted molar refractivity (Wildman–Crippen MR) is 154 cm³/mol. The maximum Gasteiger partial charge on any atom is 0.358 e. The van der Waals surface area contributed by atoms with Crippen molar-refractivity contribution >= 4 is 61.7 Å². The highest BCUT2D eigenvalue weighted by atomic mass is 32.2. The summed E-state index contributed by atoms with van der Waals surface area (Å²) in [6.07, 6.45) is 4.62. The Balaban J connectivity index is 1.25. The van der Waals surface area contributed by atoms with E-state index in [0.717, 1.165) is 35.7 Å². The Bertz CT molecular complexity index is 1570. The molecule has 0 atom stereocenters. The Kier molecular flexibility index (Phi) is 7.96. The van der Waals surface area contributed by atoms with Crippen LogP contribution < -0.4 is 10.9 Å². The number of aryl methyl sites for hydroxylation is 3. The van der Waals surface area contributed by atoms with Gasteiger partial charge in [-0.05, 0) is 55.2 Å². The number of thioether (sulfide) groups is 1. The molecule has 1 aliphatic rings. The fourth-order valence-electron chi connectivity index (χ4n) is 4.35. The van der Waals surface area contributed by atoms with Gasteiger partial charge < -0.3 is 15.0 Å². The summed E-state index contributed by atoms with van der Waals surface area (Å²) < 4.78 is 5.24. The second-order valence-electron chi connectivity index (χ2n) is 9.64. The van der Waals surface area contributed by atoms with Crippen LogP contribution in [0.25, 0.3) is 21.3 Å². The molecule has 198 valence electrons. The van der Waals surface area contributed by atoms with Gasteiger partial charge in [0.2, 0.25) is 5.91 Å². The topological polar surface area (TPSA) is 114 Å². The Labute approximate surface area is 232 Å². The number of aromatic amines is 1. The van der Waals surface area contributed by atoms with Crippen LogP contribution in [0.2, 0.25) is 0 Å². The van der Waals surface area contributed by atoms with Gasteiger partial charge in [-0.15, -0.1) is 22.7 Å².